The SMILES string of the molecule is CCCC[C@@H](C[N+](=O)[O-])C(C)=O. The Morgan fingerprint density at radius 2 is 2.17 bits per heavy atom. The van der Waals surface area contributed by atoms with Gasteiger partial charge in [0.2, 0.25) is 6.54 Å². The van der Waals surface area contributed by atoms with Gasteiger partial charge in [-0.05, 0) is 13.3 Å². The van der Waals surface area contributed by atoms with Crippen LogP contribution in [0, 0.1) is 16.0 Å². The Bertz CT molecular complexity index is 168. The van der Waals surface area contributed by atoms with Crippen molar-refractivity contribution in [1.82, 2.24) is 0 Å². The molecule has 70 valence electrons. The summed E-state index contributed by atoms with van der Waals surface area (Å²) >= 11 is 0. The van der Waals surface area contributed by atoms with Gasteiger partial charge in [0.15, 0.2) is 0 Å². The zero-order valence-corrected chi connectivity index (χ0v) is 7.58. The van der Waals surface area contributed by atoms with Crippen molar-refractivity contribution in [1.29, 1.82) is 0 Å². The summed E-state index contributed by atoms with van der Waals surface area (Å²) in [6.45, 7) is 3.21. The lowest BCUT2D eigenvalue weighted by atomic mass is 9.99. The topological polar surface area (TPSA) is 60.2 Å². The number of carbonyl (C=O) groups excluding carboxylic acids is 1. The predicted octanol–water partition coefficient (Wildman–Crippen LogP) is 1.66. The Morgan fingerprint density at radius 1 is 1.58 bits per heavy atom. The number of nitrogens with zero attached hydrogens (tertiary/aromatic N) is 1. The average Bonchev–Trinajstić information content (AvgIpc) is 1.96. The maximum absolute atomic E-state index is 10.9. The maximum atomic E-state index is 10.9. The van der Waals surface area contributed by atoms with Gasteiger partial charge in [0.25, 0.3) is 0 Å². The highest BCUT2D eigenvalue weighted by molar-refractivity contribution is 5.78. The van der Waals surface area contributed by atoms with Gasteiger partial charge in [-0.25, -0.2) is 0 Å². The first-order valence-electron chi connectivity index (χ1n) is 4.20. The molecule has 0 bridgehead atoms. The first-order chi connectivity index (χ1) is 5.57. The van der Waals surface area contributed by atoms with E-state index in [1.54, 1.807) is 0 Å². The fourth-order valence-electron chi connectivity index (χ4n) is 1.05. The molecule has 4 heteroatoms. The summed E-state index contributed by atoms with van der Waals surface area (Å²) < 4.78 is 0. The van der Waals surface area contributed by atoms with Crippen molar-refractivity contribution in [2.24, 2.45) is 5.92 Å². The number of rotatable bonds is 6. The fraction of sp³-hybridized carbons (Fsp3) is 0.875. The van der Waals surface area contributed by atoms with Crippen LogP contribution >= 0.6 is 0 Å². The van der Waals surface area contributed by atoms with Crippen LogP contribution in [0.5, 0.6) is 0 Å². The number of unbranched alkanes of at least 4 members (excludes halogenated alkanes) is 1. The molecular weight excluding hydrogens is 158 g/mol. The van der Waals surface area contributed by atoms with Gasteiger partial charge in [-0.15, -0.1) is 0 Å². The number of ketones is 1. The van der Waals surface area contributed by atoms with E-state index in [9.17, 15) is 14.9 Å². The molecule has 0 spiro atoms. The number of hydrogen-bond donors (Lipinski definition) is 0. The number of Topliss-reactive ketones (excluding diaryl/α,β-unsaturated/α-hetero) is 1. The second kappa shape index (κ2) is 5.69. The second-order valence-corrected chi connectivity index (χ2v) is 2.97. The van der Waals surface area contributed by atoms with E-state index in [0.717, 1.165) is 12.8 Å². The first-order valence-corrected chi connectivity index (χ1v) is 4.20. The van der Waals surface area contributed by atoms with E-state index < -0.39 is 4.92 Å². The minimum absolute atomic E-state index is 0.0693. The van der Waals surface area contributed by atoms with Crippen LogP contribution in [0.3, 0.4) is 0 Å². The van der Waals surface area contributed by atoms with E-state index >= 15 is 0 Å². The summed E-state index contributed by atoms with van der Waals surface area (Å²) in [7, 11) is 0. The average molecular weight is 173 g/mol. The van der Waals surface area contributed by atoms with Crippen LogP contribution in [0.4, 0.5) is 0 Å². The molecular formula is C8H15NO3. The summed E-state index contributed by atoms with van der Waals surface area (Å²) in [6.07, 6.45) is 2.51. The normalized spacial score (nSPS) is 12.5. The van der Waals surface area contributed by atoms with Gasteiger partial charge < -0.3 is 0 Å². The van der Waals surface area contributed by atoms with Gasteiger partial charge in [0.1, 0.15) is 5.78 Å². The van der Waals surface area contributed by atoms with Gasteiger partial charge in [-0.2, -0.15) is 0 Å². The Balaban J connectivity index is 3.87. The van der Waals surface area contributed by atoms with E-state index in [4.69, 9.17) is 0 Å². The highest BCUT2D eigenvalue weighted by Gasteiger charge is 2.19. The lowest BCUT2D eigenvalue weighted by molar-refractivity contribution is -0.485. The second-order valence-electron chi connectivity index (χ2n) is 2.97. The molecule has 4 nitrogen and oxygen atoms in total. The summed E-state index contributed by atoms with van der Waals surface area (Å²) in [5, 5.41) is 10.1. The lowest BCUT2D eigenvalue weighted by Gasteiger charge is -2.06. The van der Waals surface area contributed by atoms with Crippen LogP contribution in [0.1, 0.15) is 33.1 Å². The molecule has 0 fully saturated rings. The molecule has 1 atom stereocenters. The largest absolute Gasteiger partial charge is 0.299 e. The van der Waals surface area contributed by atoms with Crippen molar-refractivity contribution in [3.63, 3.8) is 0 Å². The molecule has 0 saturated carbocycles. The third-order valence-electron chi connectivity index (χ3n) is 1.85. The van der Waals surface area contributed by atoms with Crippen LogP contribution < -0.4 is 0 Å². The Kier molecular flexibility index (Phi) is 5.25. The lowest BCUT2D eigenvalue weighted by Crippen LogP contribution is -2.20. The highest BCUT2D eigenvalue weighted by Crippen LogP contribution is 2.09. The van der Waals surface area contributed by atoms with Crippen molar-refractivity contribution >= 4 is 5.78 Å². The first kappa shape index (κ1) is 11.1. The minimum atomic E-state index is -0.415. The van der Waals surface area contributed by atoms with Crippen LogP contribution in [-0.4, -0.2) is 17.3 Å². The number of carbonyl (C=O) groups is 1. The van der Waals surface area contributed by atoms with Crippen molar-refractivity contribution in [2.75, 3.05) is 6.54 Å². The van der Waals surface area contributed by atoms with Gasteiger partial charge in [0.05, 0.1) is 5.92 Å². The predicted molar refractivity (Wildman–Crippen MR) is 45.6 cm³/mol. The Labute approximate surface area is 72.1 Å². The zero-order chi connectivity index (χ0) is 9.56. The molecule has 0 N–H and O–H groups in total. The minimum Gasteiger partial charge on any atom is -0.299 e. The Hall–Kier alpha value is -0.930. The van der Waals surface area contributed by atoms with Gasteiger partial charge in [-0.3, -0.25) is 14.9 Å². The molecule has 0 saturated heterocycles. The van der Waals surface area contributed by atoms with Crippen LogP contribution in [0.15, 0.2) is 0 Å². The molecule has 0 aliphatic rings. The van der Waals surface area contributed by atoms with Gasteiger partial charge in [-0.1, -0.05) is 19.8 Å². The molecule has 0 aliphatic carbocycles. The van der Waals surface area contributed by atoms with Crippen molar-refractivity contribution in [3.05, 3.63) is 10.1 Å². The number of nitro groups is 1. The van der Waals surface area contributed by atoms with Gasteiger partial charge in [0, 0.05) is 4.92 Å². The third-order valence-corrected chi connectivity index (χ3v) is 1.85. The molecule has 0 unspecified atom stereocenters. The highest BCUT2D eigenvalue weighted by atomic mass is 16.6. The van der Waals surface area contributed by atoms with Crippen LogP contribution in [-0.2, 0) is 4.79 Å². The van der Waals surface area contributed by atoms with E-state index in [2.05, 4.69) is 0 Å². The maximum Gasteiger partial charge on any atom is 0.213 e. The summed E-state index contributed by atoms with van der Waals surface area (Å²) in [5.41, 5.74) is 0. The molecule has 0 heterocycles. The standard InChI is InChI=1S/C8H15NO3/c1-3-4-5-8(7(2)10)6-9(11)12/h8H,3-6H2,1-2H3/t8-/m0/s1. The zero-order valence-electron chi connectivity index (χ0n) is 7.58. The third kappa shape index (κ3) is 4.82. The van der Waals surface area contributed by atoms with E-state index in [0.29, 0.717) is 6.42 Å². The molecule has 0 aromatic heterocycles. The van der Waals surface area contributed by atoms with Crippen molar-refractivity contribution in [2.45, 2.75) is 33.1 Å². The summed E-state index contributed by atoms with van der Waals surface area (Å²) in [6, 6.07) is 0. The molecule has 0 rings (SSSR count). The quantitative estimate of drug-likeness (QED) is 0.453. The number of hydrogen-bond acceptors (Lipinski definition) is 3. The van der Waals surface area contributed by atoms with E-state index in [-0.39, 0.29) is 18.2 Å². The monoisotopic (exact) mass is 173 g/mol. The van der Waals surface area contributed by atoms with E-state index in [1.165, 1.54) is 6.92 Å². The van der Waals surface area contributed by atoms with Crippen LogP contribution in [0.25, 0.3) is 0 Å². The molecule has 12 heavy (non-hydrogen) atoms. The molecule has 0 radical (unpaired) electrons. The molecule has 0 aromatic rings. The summed E-state index contributed by atoms with van der Waals surface area (Å²) in [5.74, 6) is -0.444. The van der Waals surface area contributed by atoms with E-state index in [1.807, 2.05) is 6.92 Å². The molecule has 0 aromatic carbocycles. The molecule has 0 amide bonds. The van der Waals surface area contributed by atoms with Crippen molar-refractivity contribution < 1.29 is 9.72 Å². The van der Waals surface area contributed by atoms with Crippen LogP contribution in [0.2, 0.25) is 0 Å². The molecule has 0 aliphatic heterocycles. The van der Waals surface area contributed by atoms with Gasteiger partial charge >= 0.3 is 0 Å². The van der Waals surface area contributed by atoms with Crippen molar-refractivity contribution in [3.8, 4) is 0 Å². The fourth-order valence-corrected chi connectivity index (χ4v) is 1.05. The smallest absolute Gasteiger partial charge is 0.213 e. The summed E-state index contributed by atoms with van der Waals surface area (Å²) in [4.78, 5) is 20.6. The Morgan fingerprint density at radius 3 is 2.50 bits per heavy atom.